The molecule has 0 bridgehead atoms. The van der Waals surface area contributed by atoms with E-state index < -0.39 is 6.09 Å². The second-order valence-electron chi connectivity index (χ2n) is 7.84. The van der Waals surface area contributed by atoms with Gasteiger partial charge >= 0.3 is 6.09 Å². The number of ether oxygens (including phenoxy) is 2. The molecule has 4 rings (SSSR count). The summed E-state index contributed by atoms with van der Waals surface area (Å²) in [6.45, 7) is 4.87. The number of amides is 1. The Hall–Kier alpha value is -2.73. The van der Waals surface area contributed by atoms with Crippen LogP contribution in [0.5, 0.6) is 5.75 Å². The third-order valence-electron chi connectivity index (χ3n) is 6.12. The van der Waals surface area contributed by atoms with Gasteiger partial charge < -0.3 is 20.1 Å². The fourth-order valence-electron chi connectivity index (χ4n) is 4.57. The number of fused-ring (bicyclic) bond motifs is 1. The van der Waals surface area contributed by atoms with Gasteiger partial charge in [0.1, 0.15) is 11.9 Å². The summed E-state index contributed by atoms with van der Waals surface area (Å²) >= 11 is 0. The van der Waals surface area contributed by atoms with Crippen molar-refractivity contribution in [3.05, 3.63) is 59.7 Å². The van der Waals surface area contributed by atoms with Crippen LogP contribution in [-0.2, 0) is 11.2 Å². The van der Waals surface area contributed by atoms with Gasteiger partial charge in [0.25, 0.3) is 0 Å². The average Bonchev–Trinajstić information content (AvgIpc) is 2.76. The minimum Gasteiger partial charge on any atom is -0.497 e. The number of benzene rings is 2. The summed E-state index contributed by atoms with van der Waals surface area (Å²) in [7, 11) is 1.69. The molecule has 2 aromatic carbocycles. The first-order valence-electron chi connectivity index (χ1n) is 10.3. The minimum atomic E-state index is -0.693. The monoisotopic (exact) mass is 395 g/mol. The van der Waals surface area contributed by atoms with Crippen LogP contribution in [0.4, 0.5) is 10.5 Å². The molecule has 1 fully saturated rings. The SMILES string of the molecule is COc1ccc(N2CCN(CC3CCc4ccccc4C3OC(N)=O)CC2)cc1. The van der Waals surface area contributed by atoms with Crippen molar-refractivity contribution < 1.29 is 14.3 Å². The number of nitrogens with two attached hydrogens (primary N) is 1. The molecule has 6 heteroatoms. The second kappa shape index (κ2) is 8.74. The summed E-state index contributed by atoms with van der Waals surface area (Å²) in [5, 5.41) is 0. The number of hydrogen-bond acceptors (Lipinski definition) is 5. The van der Waals surface area contributed by atoms with Crippen molar-refractivity contribution >= 4 is 11.8 Å². The Kier molecular flexibility index (Phi) is 5.90. The topological polar surface area (TPSA) is 68.0 Å². The van der Waals surface area contributed by atoms with Gasteiger partial charge in [-0.1, -0.05) is 24.3 Å². The number of carbonyl (C=O) groups is 1. The first kappa shape index (κ1) is 19.6. The molecule has 1 heterocycles. The van der Waals surface area contributed by atoms with E-state index in [1.54, 1.807) is 7.11 Å². The number of aryl methyl sites for hydroxylation is 1. The number of rotatable bonds is 5. The molecule has 0 aromatic heterocycles. The molecule has 0 saturated carbocycles. The highest BCUT2D eigenvalue weighted by Gasteiger charge is 2.34. The zero-order chi connectivity index (χ0) is 20.2. The van der Waals surface area contributed by atoms with E-state index in [0.717, 1.165) is 56.9 Å². The Balaban J connectivity index is 1.38. The number of anilines is 1. The van der Waals surface area contributed by atoms with Gasteiger partial charge in [0.2, 0.25) is 0 Å². The first-order chi connectivity index (χ1) is 14.1. The molecule has 0 radical (unpaired) electrons. The summed E-state index contributed by atoms with van der Waals surface area (Å²) in [5.74, 6) is 1.15. The van der Waals surface area contributed by atoms with E-state index in [2.05, 4.69) is 34.1 Å². The van der Waals surface area contributed by atoms with Crippen LogP contribution in [0.1, 0.15) is 23.7 Å². The van der Waals surface area contributed by atoms with Gasteiger partial charge in [-0.3, -0.25) is 4.90 Å². The third kappa shape index (κ3) is 4.48. The van der Waals surface area contributed by atoms with E-state index in [1.807, 2.05) is 24.3 Å². The summed E-state index contributed by atoms with van der Waals surface area (Å²) < 4.78 is 10.8. The maximum absolute atomic E-state index is 11.5. The van der Waals surface area contributed by atoms with E-state index in [4.69, 9.17) is 15.2 Å². The maximum atomic E-state index is 11.5. The van der Waals surface area contributed by atoms with E-state index in [1.165, 1.54) is 11.3 Å². The van der Waals surface area contributed by atoms with Crippen molar-refractivity contribution in [2.75, 3.05) is 44.7 Å². The third-order valence-corrected chi connectivity index (χ3v) is 6.12. The predicted octanol–water partition coefficient (Wildman–Crippen LogP) is 3.22. The van der Waals surface area contributed by atoms with Crippen LogP contribution in [0.25, 0.3) is 0 Å². The first-order valence-corrected chi connectivity index (χ1v) is 10.3. The van der Waals surface area contributed by atoms with Crippen molar-refractivity contribution in [2.45, 2.75) is 18.9 Å². The average molecular weight is 396 g/mol. The predicted molar refractivity (Wildman–Crippen MR) is 113 cm³/mol. The molecule has 1 aliphatic carbocycles. The lowest BCUT2D eigenvalue weighted by atomic mass is 9.81. The van der Waals surface area contributed by atoms with Crippen LogP contribution in [-0.4, -0.2) is 50.8 Å². The van der Waals surface area contributed by atoms with E-state index in [9.17, 15) is 4.79 Å². The minimum absolute atomic E-state index is 0.253. The van der Waals surface area contributed by atoms with Crippen molar-refractivity contribution in [3.8, 4) is 5.75 Å². The molecule has 0 spiro atoms. The Labute approximate surface area is 172 Å². The van der Waals surface area contributed by atoms with Crippen LogP contribution in [0, 0.1) is 5.92 Å². The van der Waals surface area contributed by atoms with Crippen molar-refractivity contribution in [1.29, 1.82) is 0 Å². The molecular weight excluding hydrogens is 366 g/mol. The quantitative estimate of drug-likeness (QED) is 0.842. The Morgan fingerprint density at radius 2 is 1.79 bits per heavy atom. The molecule has 2 aliphatic rings. The van der Waals surface area contributed by atoms with Gasteiger partial charge in [-0.15, -0.1) is 0 Å². The molecular formula is C23H29N3O3. The van der Waals surface area contributed by atoms with Crippen LogP contribution >= 0.6 is 0 Å². The number of primary amides is 1. The van der Waals surface area contributed by atoms with Crippen LogP contribution in [0.3, 0.4) is 0 Å². The molecule has 1 aliphatic heterocycles. The Morgan fingerprint density at radius 3 is 2.48 bits per heavy atom. The number of nitrogens with zero attached hydrogens (tertiary/aromatic N) is 2. The zero-order valence-electron chi connectivity index (χ0n) is 16.9. The highest BCUT2D eigenvalue weighted by Crippen LogP contribution is 2.37. The lowest BCUT2D eigenvalue weighted by Gasteiger charge is -2.40. The second-order valence-corrected chi connectivity index (χ2v) is 7.84. The van der Waals surface area contributed by atoms with Gasteiger partial charge in [0.15, 0.2) is 0 Å². The lowest BCUT2D eigenvalue weighted by molar-refractivity contribution is 0.0407. The highest BCUT2D eigenvalue weighted by atomic mass is 16.6. The smallest absolute Gasteiger partial charge is 0.405 e. The number of carbonyl (C=O) groups excluding carboxylic acids is 1. The number of methoxy groups -OCH3 is 1. The van der Waals surface area contributed by atoms with Crippen molar-refractivity contribution in [3.63, 3.8) is 0 Å². The Morgan fingerprint density at radius 1 is 1.07 bits per heavy atom. The fraction of sp³-hybridized carbons (Fsp3) is 0.435. The fourth-order valence-corrected chi connectivity index (χ4v) is 4.57. The normalized spacial score (nSPS) is 22.0. The summed E-state index contributed by atoms with van der Waals surface area (Å²) in [5.41, 5.74) is 8.99. The van der Waals surface area contributed by atoms with E-state index in [-0.39, 0.29) is 12.0 Å². The van der Waals surface area contributed by atoms with Gasteiger partial charge in [-0.25, -0.2) is 4.79 Å². The lowest BCUT2D eigenvalue weighted by Crippen LogP contribution is -2.49. The van der Waals surface area contributed by atoms with Gasteiger partial charge in [-0.2, -0.15) is 0 Å². The number of piperazine rings is 1. The summed E-state index contributed by atoms with van der Waals surface area (Å²) in [6.07, 6.45) is 1.08. The molecule has 2 unspecified atom stereocenters. The summed E-state index contributed by atoms with van der Waals surface area (Å²) in [4.78, 5) is 16.4. The largest absolute Gasteiger partial charge is 0.497 e. The molecule has 6 nitrogen and oxygen atoms in total. The molecule has 154 valence electrons. The van der Waals surface area contributed by atoms with Gasteiger partial charge in [0, 0.05) is 44.3 Å². The molecule has 2 aromatic rings. The Bertz CT molecular complexity index is 832. The van der Waals surface area contributed by atoms with Crippen LogP contribution in [0.15, 0.2) is 48.5 Å². The van der Waals surface area contributed by atoms with Gasteiger partial charge in [0.05, 0.1) is 7.11 Å². The zero-order valence-corrected chi connectivity index (χ0v) is 16.9. The standard InChI is InChI=1S/C23H29N3O3/c1-28-20-10-8-19(9-11-20)26-14-12-25(13-15-26)16-18-7-6-17-4-2-3-5-21(17)22(18)29-23(24)27/h2-5,8-11,18,22H,6-7,12-16H2,1H3,(H2,24,27). The van der Waals surface area contributed by atoms with E-state index >= 15 is 0 Å². The van der Waals surface area contributed by atoms with Crippen molar-refractivity contribution in [1.82, 2.24) is 4.90 Å². The molecule has 1 amide bonds. The van der Waals surface area contributed by atoms with Crippen molar-refractivity contribution in [2.24, 2.45) is 11.7 Å². The summed E-state index contributed by atoms with van der Waals surface area (Å²) in [6, 6.07) is 16.5. The van der Waals surface area contributed by atoms with E-state index in [0.29, 0.717) is 0 Å². The molecule has 2 N–H and O–H groups in total. The molecule has 1 saturated heterocycles. The van der Waals surface area contributed by atoms with Crippen LogP contribution in [0.2, 0.25) is 0 Å². The van der Waals surface area contributed by atoms with Gasteiger partial charge in [-0.05, 0) is 48.2 Å². The molecule has 2 atom stereocenters. The molecule has 29 heavy (non-hydrogen) atoms. The van der Waals surface area contributed by atoms with Crippen LogP contribution < -0.4 is 15.4 Å². The highest BCUT2D eigenvalue weighted by molar-refractivity contribution is 5.65. The maximum Gasteiger partial charge on any atom is 0.405 e. The number of hydrogen-bond donors (Lipinski definition) is 1.